The fraction of sp³-hybridized carbons (Fsp3) is 0.316. The molecule has 2 aromatic rings. The first-order chi connectivity index (χ1) is 14.3. The monoisotopic (exact) mass is 505 g/mol. The lowest BCUT2D eigenvalue weighted by Gasteiger charge is -2.25. The van der Waals surface area contributed by atoms with Crippen molar-refractivity contribution in [2.24, 2.45) is 0 Å². The molecule has 0 saturated heterocycles. The zero-order chi connectivity index (χ0) is 23.1. The van der Waals surface area contributed by atoms with E-state index in [1.54, 1.807) is 12.1 Å². The zero-order valence-corrected chi connectivity index (χ0v) is 20.2. The summed E-state index contributed by atoms with van der Waals surface area (Å²) in [7, 11) is -4.49. The van der Waals surface area contributed by atoms with Crippen LogP contribution in [0.4, 0.5) is 11.4 Å². The van der Waals surface area contributed by atoms with Crippen LogP contribution < -0.4 is 9.21 Å². The van der Waals surface area contributed by atoms with Gasteiger partial charge in [-0.25, -0.2) is 21.1 Å². The number of halogens is 2. The fourth-order valence-corrected chi connectivity index (χ4v) is 5.34. The van der Waals surface area contributed by atoms with E-state index >= 15 is 0 Å². The number of hydrogen-bond donors (Lipinski definition) is 0. The number of rotatable bonds is 6. The van der Waals surface area contributed by atoms with Crippen LogP contribution in [0.3, 0.4) is 0 Å². The van der Waals surface area contributed by atoms with Gasteiger partial charge in [0.15, 0.2) is 0 Å². The number of sulfonamides is 2. The first kappa shape index (κ1) is 23.8. The van der Waals surface area contributed by atoms with Gasteiger partial charge in [-0.15, -0.1) is 0 Å². The molecule has 0 fully saturated rings. The van der Waals surface area contributed by atoms with Crippen molar-refractivity contribution in [2.45, 2.75) is 11.3 Å². The second-order valence-corrected chi connectivity index (χ2v) is 12.1. The second-order valence-electron chi connectivity index (χ2n) is 7.24. The summed E-state index contributed by atoms with van der Waals surface area (Å²) in [6, 6.07) is 8.87. The van der Waals surface area contributed by atoms with E-state index in [1.807, 2.05) is 0 Å². The molecule has 0 saturated carbocycles. The molecule has 1 aliphatic heterocycles. The van der Waals surface area contributed by atoms with Gasteiger partial charge in [0, 0.05) is 26.3 Å². The topological polar surface area (TPSA) is 95.1 Å². The molecule has 31 heavy (non-hydrogen) atoms. The molecule has 1 aliphatic rings. The third-order valence-corrected chi connectivity index (χ3v) is 8.59. The minimum absolute atomic E-state index is 0.138. The van der Waals surface area contributed by atoms with Crippen molar-refractivity contribution in [1.82, 2.24) is 4.31 Å². The van der Waals surface area contributed by atoms with Crippen molar-refractivity contribution in [2.75, 3.05) is 42.6 Å². The average molecular weight is 506 g/mol. The molecule has 0 N–H and O–H groups in total. The molecule has 2 aromatic carbocycles. The highest BCUT2D eigenvalue weighted by atomic mass is 35.5. The zero-order valence-electron chi connectivity index (χ0n) is 17.0. The molecule has 0 spiro atoms. The Morgan fingerprint density at radius 1 is 1.03 bits per heavy atom. The maximum Gasteiger partial charge on any atom is 0.247 e. The lowest BCUT2D eigenvalue weighted by molar-refractivity contribution is -0.117. The standard InChI is InChI=1S/C19H21Cl2N3O5S2/c1-22(2)31(28,29)15-5-7-18-13(10-15)8-9-23(18)19(25)12-24(30(3,26)27)14-4-6-16(20)17(21)11-14/h4-7,10-11H,8-9,12H2,1-3H3. The molecule has 12 heteroatoms. The van der Waals surface area contributed by atoms with Gasteiger partial charge in [-0.2, -0.15) is 0 Å². The van der Waals surface area contributed by atoms with E-state index in [1.165, 1.54) is 43.3 Å². The van der Waals surface area contributed by atoms with E-state index in [0.29, 0.717) is 24.2 Å². The Balaban J connectivity index is 1.89. The number of carbonyl (C=O) groups excluding carboxylic acids is 1. The normalized spacial score (nSPS) is 14.1. The van der Waals surface area contributed by atoms with Gasteiger partial charge in [0.05, 0.1) is 26.9 Å². The molecule has 0 bridgehead atoms. The molecular weight excluding hydrogens is 485 g/mol. The maximum atomic E-state index is 13.0. The van der Waals surface area contributed by atoms with Crippen LogP contribution in [0.15, 0.2) is 41.3 Å². The minimum Gasteiger partial charge on any atom is -0.310 e. The van der Waals surface area contributed by atoms with Crippen molar-refractivity contribution < 1.29 is 21.6 Å². The van der Waals surface area contributed by atoms with Crippen molar-refractivity contribution in [3.05, 3.63) is 52.0 Å². The number of nitrogens with zero attached hydrogens (tertiary/aromatic N) is 3. The molecule has 8 nitrogen and oxygen atoms in total. The van der Waals surface area contributed by atoms with Gasteiger partial charge >= 0.3 is 0 Å². The largest absolute Gasteiger partial charge is 0.310 e. The summed E-state index contributed by atoms with van der Waals surface area (Å²) in [5.74, 6) is -0.446. The summed E-state index contributed by atoms with van der Waals surface area (Å²) in [6.07, 6.45) is 1.46. The van der Waals surface area contributed by atoms with Gasteiger partial charge in [0.2, 0.25) is 26.0 Å². The summed E-state index contributed by atoms with van der Waals surface area (Å²) in [5, 5.41) is 0.434. The van der Waals surface area contributed by atoms with Gasteiger partial charge in [-0.1, -0.05) is 23.2 Å². The minimum atomic E-state index is -3.79. The van der Waals surface area contributed by atoms with Gasteiger partial charge in [0.1, 0.15) is 6.54 Å². The van der Waals surface area contributed by atoms with Crippen LogP contribution in [0.2, 0.25) is 10.0 Å². The Kier molecular flexibility index (Phi) is 6.60. The van der Waals surface area contributed by atoms with Crippen molar-refractivity contribution >= 4 is 60.5 Å². The molecule has 0 atom stereocenters. The Labute approximate surface area is 192 Å². The molecular formula is C19H21Cl2N3O5S2. The third kappa shape index (κ3) is 4.83. The number of amides is 1. The molecule has 0 radical (unpaired) electrons. The average Bonchev–Trinajstić information content (AvgIpc) is 3.10. The first-order valence-corrected chi connectivity index (χ1v) is 13.2. The SMILES string of the molecule is CN(C)S(=O)(=O)c1ccc2c(c1)CCN2C(=O)CN(c1ccc(Cl)c(Cl)c1)S(C)(=O)=O. The molecule has 0 aliphatic carbocycles. The van der Waals surface area contributed by atoms with Gasteiger partial charge < -0.3 is 4.90 Å². The molecule has 3 rings (SSSR count). The maximum absolute atomic E-state index is 13.0. The molecule has 1 heterocycles. The van der Waals surface area contributed by atoms with Crippen LogP contribution in [-0.4, -0.2) is 60.5 Å². The predicted molar refractivity (Wildman–Crippen MR) is 122 cm³/mol. The highest BCUT2D eigenvalue weighted by Crippen LogP contribution is 2.32. The highest BCUT2D eigenvalue weighted by Gasteiger charge is 2.30. The van der Waals surface area contributed by atoms with E-state index in [4.69, 9.17) is 23.2 Å². The van der Waals surface area contributed by atoms with Crippen LogP contribution in [0.1, 0.15) is 5.56 Å². The quantitative estimate of drug-likeness (QED) is 0.601. The number of carbonyl (C=O) groups is 1. The number of anilines is 2. The summed E-state index contributed by atoms with van der Waals surface area (Å²) in [6.45, 7) is -0.118. The second kappa shape index (κ2) is 8.59. The lowest BCUT2D eigenvalue weighted by Crippen LogP contribution is -2.42. The Bertz CT molecular complexity index is 1250. The van der Waals surface area contributed by atoms with E-state index < -0.39 is 32.5 Å². The predicted octanol–water partition coefficient (Wildman–Crippen LogP) is 2.60. The van der Waals surface area contributed by atoms with Crippen molar-refractivity contribution in [3.63, 3.8) is 0 Å². The van der Waals surface area contributed by atoms with E-state index in [9.17, 15) is 21.6 Å². The third-order valence-electron chi connectivity index (χ3n) is 4.90. The summed E-state index contributed by atoms with van der Waals surface area (Å²) >= 11 is 11.9. The summed E-state index contributed by atoms with van der Waals surface area (Å²) in [5.41, 5.74) is 1.49. The fourth-order valence-electron chi connectivity index (χ4n) is 3.26. The van der Waals surface area contributed by atoms with Gasteiger partial charge in [-0.3, -0.25) is 9.10 Å². The van der Waals surface area contributed by atoms with Crippen LogP contribution in [0.25, 0.3) is 0 Å². The molecule has 168 valence electrons. The first-order valence-electron chi connectivity index (χ1n) is 9.11. The van der Waals surface area contributed by atoms with Crippen LogP contribution in [0.5, 0.6) is 0 Å². The van der Waals surface area contributed by atoms with Crippen molar-refractivity contribution in [3.8, 4) is 0 Å². The number of hydrogen-bond acceptors (Lipinski definition) is 5. The Morgan fingerprint density at radius 2 is 1.71 bits per heavy atom. The molecule has 1 amide bonds. The number of benzene rings is 2. The molecule has 0 aromatic heterocycles. The highest BCUT2D eigenvalue weighted by molar-refractivity contribution is 7.92. The van der Waals surface area contributed by atoms with Crippen molar-refractivity contribution in [1.29, 1.82) is 0 Å². The summed E-state index contributed by atoms with van der Waals surface area (Å²) < 4.78 is 51.5. The van der Waals surface area contributed by atoms with Gasteiger partial charge in [-0.05, 0) is 48.4 Å². The Hall–Kier alpha value is -1.85. The van der Waals surface area contributed by atoms with Crippen LogP contribution in [-0.2, 0) is 31.3 Å². The summed E-state index contributed by atoms with van der Waals surface area (Å²) in [4.78, 5) is 14.6. The van der Waals surface area contributed by atoms with E-state index in [-0.39, 0.29) is 20.6 Å². The lowest BCUT2D eigenvalue weighted by atomic mass is 10.2. The van der Waals surface area contributed by atoms with E-state index in [0.717, 1.165) is 14.9 Å². The number of fused-ring (bicyclic) bond motifs is 1. The van der Waals surface area contributed by atoms with E-state index in [2.05, 4.69) is 0 Å². The smallest absolute Gasteiger partial charge is 0.247 e. The van der Waals surface area contributed by atoms with Crippen LogP contribution in [0, 0.1) is 0 Å². The van der Waals surface area contributed by atoms with Gasteiger partial charge in [0.25, 0.3) is 0 Å². The Morgan fingerprint density at radius 3 is 2.29 bits per heavy atom. The van der Waals surface area contributed by atoms with Crippen LogP contribution >= 0.6 is 23.2 Å². The molecule has 0 unspecified atom stereocenters.